The molecule has 2 aromatic carbocycles. The summed E-state index contributed by atoms with van der Waals surface area (Å²) < 4.78 is 66.8. The lowest BCUT2D eigenvalue weighted by Crippen LogP contribution is -2.53. The van der Waals surface area contributed by atoms with Crippen LogP contribution in [0.2, 0.25) is 5.02 Å². The number of carbonyl (C=O) groups is 1. The van der Waals surface area contributed by atoms with Crippen molar-refractivity contribution in [3.05, 3.63) is 87.2 Å². The van der Waals surface area contributed by atoms with Gasteiger partial charge in [-0.3, -0.25) is 14.6 Å². The van der Waals surface area contributed by atoms with Gasteiger partial charge < -0.3 is 20.3 Å². The molecule has 4 saturated heterocycles. The lowest BCUT2D eigenvalue weighted by atomic mass is 9.88. The Hall–Kier alpha value is -4.79. The molecule has 5 aliphatic rings. The zero-order valence-electron chi connectivity index (χ0n) is 32.5. The number of halogens is 5. The quantitative estimate of drug-likeness (QED) is 0.115. The minimum absolute atomic E-state index is 0.120. The van der Waals surface area contributed by atoms with Gasteiger partial charge in [-0.2, -0.15) is 23.1 Å². The number of hydrogen-bond donors (Lipinski definition) is 1. The van der Waals surface area contributed by atoms with E-state index in [1.807, 2.05) is 17.9 Å². The average molecular weight is 817 g/mol. The first-order valence-electron chi connectivity index (χ1n) is 19.9. The normalized spacial score (nSPS) is 24.6. The van der Waals surface area contributed by atoms with Gasteiger partial charge in [0.1, 0.15) is 23.8 Å². The van der Waals surface area contributed by atoms with Crippen LogP contribution in [-0.4, -0.2) is 99.6 Å². The number of nitrogens with two attached hydrogens (primary N) is 1. The molecule has 10 nitrogen and oxygen atoms in total. The molecular formula is C43H45ClF4N8O2. The van der Waals surface area contributed by atoms with Gasteiger partial charge in [-0.1, -0.05) is 42.0 Å². The second-order valence-corrected chi connectivity index (χ2v) is 17.0. The number of aromatic nitrogens is 3. The van der Waals surface area contributed by atoms with Crippen LogP contribution in [-0.2, 0) is 17.5 Å². The van der Waals surface area contributed by atoms with Crippen molar-refractivity contribution in [1.82, 2.24) is 29.7 Å². The molecule has 304 valence electrons. The molecule has 2 aromatic heterocycles. The highest BCUT2D eigenvalue weighted by Crippen LogP contribution is 2.46. The lowest BCUT2D eigenvalue weighted by molar-refractivity contribution is -0.137. The first-order chi connectivity index (χ1) is 27.7. The molecule has 9 rings (SSSR count). The molecule has 0 spiro atoms. The van der Waals surface area contributed by atoms with Crippen LogP contribution >= 0.6 is 11.6 Å². The van der Waals surface area contributed by atoms with Crippen molar-refractivity contribution in [2.75, 3.05) is 63.1 Å². The van der Waals surface area contributed by atoms with Gasteiger partial charge >= 0.3 is 12.2 Å². The van der Waals surface area contributed by atoms with E-state index in [0.717, 1.165) is 75.6 Å². The molecule has 1 unspecified atom stereocenters. The summed E-state index contributed by atoms with van der Waals surface area (Å²) in [7, 11) is 0. The number of aryl methyl sites for hydroxylation is 1. The standard InChI is InChI=1S/C43H45ClF4N8O2/c1-24-18-42(11-5-12-55(42)19-24)23-58-41-51-38-30(17-32(44)35(37(38)45)39-36(43(46,47)48)25(2)16-33(49)50-39)40(52-41)56-15-14-54(20-26(56)3)34(57)9-8-27-6-4-7-29-28-10-13-53(21-28)22-31(27)29/h4,6-9,16-17,26,28H,1,5,10-15,18-23H2,2-3H3,(H2,49,50)/b9-8+/t26-,28+,42-/m0/s1. The minimum Gasteiger partial charge on any atom is -0.461 e. The van der Waals surface area contributed by atoms with Crippen LogP contribution in [0.5, 0.6) is 6.01 Å². The highest BCUT2D eigenvalue weighted by atomic mass is 35.5. The number of anilines is 2. The van der Waals surface area contributed by atoms with E-state index >= 15 is 4.39 Å². The van der Waals surface area contributed by atoms with Gasteiger partial charge in [-0.05, 0) is 99.0 Å². The SMILES string of the molecule is C=C1CN2CCC[C@@]2(COc2nc(N3CCN(C(=O)/C=C/c4cccc5c4CN4CC[C@@H]5C4)C[C@@H]3C)c3cc(Cl)c(-c4nc(N)cc(C)c4C(F)(F)F)c(F)c3n2)C1. The van der Waals surface area contributed by atoms with Gasteiger partial charge in [0.05, 0.1) is 27.4 Å². The van der Waals surface area contributed by atoms with Crippen LogP contribution in [0.4, 0.5) is 29.2 Å². The van der Waals surface area contributed by atoms with Gasteiger partial charge in [-0.25, -0.2) is 9.37 Å². The third-order valence-electron chi connectivity index (χ3n) is 12.8. The van der Waals surface area contributed by atoms with Crippen LogP contribution in [0.3, 0.4) is 0 Å². The molecule has 0 radical (unpaired) electrons. The molecule has 4 atom stereocenters. The number of fused-ring (bicyclic) bond motifs is 6. The third kappa shape index (κ3) is 6.76. The van der Waals surface area contributed by atoms with Gasteiger partial charge in [0, 0.05) is 56.8 Å². The van der Waals surface area contributed by atoms with Crippen LogP contribution in [0.1, 0.15) is 66.3 Å². The summed E-state index contributed by atoms with van der Waals surface area (Å²) in [6.07, 6.45) is 2.45. The largest absolute Gasteiger partial charge is 0.461 e. The number of alkyl halides is 3. The average Bonchev–Trinajstić information content (AvgIpc) is 3.83. The first kappa shape index (κ1) is 38.7. The maximum atomic E-state index is 17.0. The van der Waals surface area contributed by atoms with E-state index in [-0.39, 0.29) is 57.4 Å². The minimum atomic E-state index is -4.88. The Morgan fingerprint density at radius 3 is 2.74 bits per heavy atom. The summed E-state index contributed by atoms with van der Waals surface area (Å²) in [5.41, 5.74) is 7.51. The fraction of sp³-hybridized carbons (Fsp3) is 0.442. The smallest absolute Gasteiger partial charge is 0.418 e. The number of piperazine rings is 1. The molecule has 2 N–H and O–H groups in total. The van der Waals surface area contributed by atoms with E-state index in [1.165, 1.54) is 24.1 Å². The van der Waals surface area contributed by atoms with Crippen molar-refractivity contribution < 1.29 is 27.1 Å². The summed E-state index contributed by atoms with van der Waals surface area (Å²) in [5, 5.41) is -0.122. The molecule has 1 amide bonds. The fourth-order valence-electron chi connectivity index (χ4n) is 10.1. The van der Waals surface area contributed by atoms with Crippen LogP contribution in [0.15, 0.2) is 48.6 Å². The van der Waals surface area contributed by atoms with E-state index in [1.54, 1.807) is 11.0 Å². The molecule has 4 fully saturated rings. The highest BCUT2D eigenvalue weighted by Gasteiger charge is 2.47. The second kappa shape index (κ2) is 14.5. The van der Waals surface area contributed by atoms with Crippen molar-refractivity contribution in [2.45, 2.75) is 69.8 Å². The number of nitrogens with zero attached hydrogens (tertiary/aromatic N) is 7. The van der Waals surface area contributed by atoms with E-state index in [9.17, 15) is 18.0 Å². The fourth-order valence-corrected chi connectivity index (χ4v) is 10.4. The first-order valence-corrected chi connectivity index (χ1v) is 20.2. The van der Waals surface area contributed by atoms with Gasteiger partial charge in [0.25, 0.3) is 0 Å². The predicted octanol–water partition coefficient (Wildman–Crippen LogP) is 7.62. The van der Waals surface area contributed by atoms with Gasteiger partial charge in [0.2, 0.25) is 5.91 Å². The van der Waals surface area contributed by atoms with Crippen molar-refractivity contribution in [1.29, 1.82) is 0 Å². The van der Waals surface area contributed by atoms with Crippen LogP contribution in [0, 0.1) is 12.7 Å². The van der Waals surface area contributed by atoms with Crippen molar-refractivity contribution in [3.63, 3.8) is 0 Å². The zero-order chi connectivity index (χ0) is 40.7. The predicted molar refractivity (Wildman–Crippen MR) is 216 cm³/mol. The third-order valence-corrected chi connectivity index (χ3v) is 13.1. The molecule has 58 heavy (non-hydrogen) atoms. The molecular weight excluding hydrogens is 772 g/mol. The van der Waals surface area contributed by atoms with E-state index < -0.39 is 28.8 Å². The van der Waals surface area contributed by atoms with Crippen molar-refractivity contribution >= 4 is 46.1 Å². The highest BCUT2D eigenvalue weighted by molar-refractivity contribution is 6.34. The second-order valence-electron chi connectivity index (χ2n) is 16.6. The molecule has 2 bridgehead atoms. The topological polar surface area (TPSA) is 104 Å². The number of rotatable bonds is 7. The van der Waals surface area contributed by atoms with Gasteiger partial charge in [0.15, 0.2) is 5.82 Å². The molecule has 0 saturated carbocycles. The Morgan fingerprint density at radius 2 is 1.95 bits per heavy atom. The summed E-state index contributed by atoms with van der Waals surface area (Å²) in [4.78, 5) is 35.5. The van der Waals surface area contributed by atoms with E-state index in [2.05, 4.69) is 44.5 Å². The summed E-state index contributed by atoms with van der Waals surface area (Å²) in [5.74, 6) is -0.607. The molecule has 0 aliphatic carbocycles. The summed E-state index contributed by atoms with van der Waals surface area (Å²) in [6.45, 7) is 13.3. The summed E-state index contributed by atoms with van der Waals surface area (Å²) in [6, 6.07) is 8.38. The Morgan fingerprint density at radius 1 is 1.12 bits per heavy atom. The number of ether oxygens (including phenoxy) is 1. The lowest BCUT2D eigenvalue weighted by Gasteiger charge is -2.40. The molecule has 15 heteroatoms. The Kier molecular flexibility index (Phi) is 9.67. The number of hydrogen-bond acceptors (Lipinski definition) is 9. The Balaban J connectivity index is 1.05. The number of carbonyl (C=O) groups excluding carboxylic acids is 1. The molecule has 5 aliphatic heterocycles. The maximum absolute atomic E-state index is 17.0. The van der Waals surface area contributed by atoms with Gasteiger partial charge in [-0.15, -0.1) is 0 Å². The number of amides is 1. The molecule has 4 aromatic rings. The zero-order valence-corrected chi connectivity index (χ0v) is 33.3. The Labute approximate surface area is 339 Å². The van der Waals surface area contributed by atoms with Crippen molar-refractivity contribution in [3.8, 4) is 17.3 Å². The van der Waals surface area contributed by atoms with E-state index in [0.29, 0.717) is 31.4 Å². The number of benzene rings is 2. The van der Waals surface area contributed by atoms with Crippen molar-refractivity contribution in [2.24, 2.45) is 0 Å². The number of nitrogen functional groups attached to an aromatic ring is 1. The number of pyridine rings is 1. The van der Waals surface area contributed by atoms with Crippen LogP contribution < -0.4 is 15.4 Å². The Bertz CT molecular complexity index is 2390. The van der Waals surface area contributed by atoms with Crippen LogP contribution in [0.25, 0.3) is 28.2 Å². The summed E-state index contributed by atoms with van der Waals surface area (Å²) >= 11 is 6.72. The van der Waals surface area contributed by atoms with E-state index in [4.69, 9.17) is 27.1 Å². The molecule has 7 heterocycles. The monoisotopic (exact) mass is 816 g/mol. The maximum Gasteiger partial charge on any atom is 0.418 e.